The highest BCUT2D eigenvalue weighted by Crippen LogP contribution is 2.44. The molecule has 3 rings (SSSR count). The van der Waals surface area contributed by atoms with E-state index in [1.54, 1.807) is 0 Å². The fourth-order valence-electron chi connectivity index (χ4n) is 4.41. The van der Waals surface area contributed by atoms with Crippen molar-refractivity contribution in [3.8, 4) is 11.1 Å². The average molecular weight is 467 g/mol. The summed E-state index contributed by atoms with van der Waals surface area (Å²) < 4.78 is 5.56. The molecule has 3 N–H and O–H groups in total. The van der Waals surface area contributed by atoms with Gasteiger partial charge in [0.25, 0.3) is 0 Å². The Kier molecular flexibility index (Phi) is 8.68. The lowest BCUT2D eigenvalue weighted by Gasteiger charge is -2.22. The van der Waals surface area contributed by atoms with Crippen LogP contribution in [0.3, 0.4) is 0 Å². The highest BCUT2D eigenvalue weighted by Gasteiger charge is 2.29. The quantitative estimate of drug-likeness (QED) is 0.450. The Morgan fingerprint density at radius 2 is 1.56 bits per heavy atom. The second kappa shape index (κ2) is 11.7. The van der Waals surface area contributed by atoms with Crippen LogP contribution in [0, 0.1) is 11.8 Å². The first-order valence-corrected chi connectivity index (χ1v) is 11.9. The summed E-state index contributed by atoms with van der Waals surface area (Å²) in [7, 11) is 0. The predicted molar refractivity (Wildman–Crippen MR) is 130 cm³/mol. The summed E-state index contributed by atoms with van der Waals surface area (Å²) in [5.74, 6) is -1.21. The summed E-state index contributed by atoms with van der Waals surface area (Å²) in [6, 6.07) is 15.9. The molecule has 0 aliphatic heterocycles. The van der Waals surface area contributed by atoms with Gasteiger partial charge in [-0.3, -0.25) is 9.59 Å². The van der Waals surface area contributed by atoms with Gasteiger partial charge < -0.3 is 20.5 Å². The Balaban J connectivity index is 1.50. The molecule has 34 heavy (non-hydrogen) atoms. The predicted octanol–water partition coefficient (Wildman–Crippen LogP) is 4.56. The molecule has 1 aliphatic carbocycles. The summed E-state index contributed by atoms with van der Waals surface area (Å²) in [5.41, 5.74) is 4.65. The molecule has 0 saturated carbocycles. The third-order valence-corrected chi connectivity index (χ3v) is 6.48. The summed E-state index contributed by atoms with van der Waals surface area (Å²) in [6.07, 6.45) is 0.287. The first-order valence-electron chi connectivity index (χ1n) is 11.9. The number of carboxylic acids is 1. The van der Waals surface area contributed by atoms with Crippen LogP contribution in [0.1, 0.15) is 57.1 Å². The zero-order valence-corrected chi connectivity index (χ0v) is 20.0. The van der Waals surface area contributed by atoms with Crippen molar-refractivity contribution in [1.29, 1.82) is 0 Å². The van der Waals surface area contributed by atoms with Gasteiger partial charge in [0.2, 0.25) is 5.91 Å². The third kappa shape index (κ3) is 6.37. The molecule has 7 heteroatoms. The Hall–Kier alpha value is -3.35. The highest BCUT2D eigenvalue weighted by molar-refractivity contribution is 5.79. The van der Waals surface area contributed by atoms with Crippen LogP contribution in [0.2, 0.25) is 0 Å². The first-order chi connectivity index (χ1) is 16.3. The minimum atomic E-state index is -0.942. The molecular weight excluding hydrogens is 432 g/mol. The van der Waals surface area contributed by atoms with Crippen LogP contribution in [0.15, 0.2) is 48.5 Å². The normalized spacial score (nSPS) is 14.1. The van der Waals surface area contributed by atoms with Gasteiger partial charge in [-0.05, 0) is 34.1 Å². The molecular formula is C27H34N2O5. The van der Waals surface area contributed by atoms with Gasteiger partial charge in [0.05, 0.1) is 6.42 Å². The van der Waals surface area contributed by atoms with Crippen LogP contribution < -0.4 is 10.6 Å². The van der Waals surface area contributed by atoms with E-state index in [9.17, 15) is 14.4 Å². The molecule has 0 fully saturated rings. The molecule has 1 aliphatic rings. The van der Waals surface area contributed by atoms with Crippen molar-refractivity contribution in [2.75, 3.05) is 13.2 Å². The lowest BCUT2D eigenvalue weighted by Crippen LogP contribution is -2.41. The lowest BCUT2D eigenvalue weighted by atomic mass is 9.98. The maximum atomic E-state index is 12.4. The minimum absolute atomic E-state index is 0.00639. The van der Waals surface area contributed by atoms with Gasteiger partial charge in [-0.1, -0.05) is 75.7 Å². The van der Waals surface area contributed by atoms with Crippen LogP contribution in [0.4, 0.5) is 4.79 Å². The standard InChI is InChI=1S/C27H34N2O5/c1-4-18(13-25(30)29-24(17(2)3)14-26(31)32)15-28-27(33)34-16-23-21-11-7-5-9-19(21)20-10-6-8-12-22(20)23/h5-12,17-18,23-24H,4,13-16H2,1-3H3,(H,28,33)(H,29,30)(H,31,32). The smallest absolute Gasteiger partial charge is 0.407 e. The molecule has 0 bridgehead atoms. The number of aliphatic carboxylic acids is 1. The van der Waals surface area contributed by atoms with Gasteiger partial charge in [-0.2, -0.15) is 0 Å². The fourth-order valence-corrected chi connectivity index (χ4v) is 4.41. The van der Waals surface area contributed by atoms with E-state index >= 15 is 0 Å². The summed E-state index contributed by atoms with van der Waals surface area (Å²) in [6.45, 7) is 6.26. The first kappa shape index (κ1) is 25.3. The van der Waals surface area contributed by atoms with Gasteiger partial charge in [0.1, 0.15) is 6.61 Å². The highest BCUT2D eigenvalue weighted by atomic mass is 16.5. The number of ether oxygens (including phenoxy) is 1. The number of rotatable bonds is 11. The van der Waals surface area contributed by atoms with E-state index in [1.807, 2.05) is 45.0 Å². The monoisotopic (exact) mass is 466 g/mol. The number of fused-ring (bicyclic) bond motifs is 3. The van der Waals surface area contributed by atoms with Crippen molar-refractivity contribution < 1.29 is 24.2 Å². The number of nitrogens with one attached hydrogen (secondary N) is 2. The number of benzene rings is 2. The van der Waals surface area contributed by atoms with Gasteiger partial charge in [-0.15, -0.1) is 0 Å². The third-order valence-electron chi connectivity index (χ3n) is 6.48. The zero-order chi connectivity index (χ0) is 24.7. The number of alkyl carbamates (subject to hydrolysis) is 1. The number of carbonyl (C=O) groups excluding carboxylic acids is 2. The van der Waals surface area contributed by atoms with Crippen LogP contribution in [0.5, 0.6) is 0 Å². The van der Waals surface area contributed by atoms with E-state index in [2.05, 4.69) is 34.9 Å². The van der Waals surface area contributed by atoms with Crippen molar-refractivity contribution in [2.45, 2.75) is 52.0 Å². The van der Waals surface area contributed by atoms with Crippen molar-refractivity contribution in [2.24, 2.45) is 11.8 Å². The number of hydrogen-bond donors (Lipinski definition) is 3. The maximum absolute atomic E-state index is 12.4. The lowest BCUT2D eigenvalue weighted by molar-refractivity contribution is -0.138. The Morgan fingerprint density at radius 1 is 0.971 bits per heavy atom. The second-order valence-electron chi connectivity index (χ2n) is 9.20. The number of amides is 2. The summed E-state index contributed by atoms with van der Waals surface area (Å²) in [5, 5.41) is 14.6. The molecule has 2 atom stereocenters. The van der Waals surface area contributed by atoms with Crippen molar-refractivity contribution in [3.05, 3.63) is 59.7 Å². The van der Waals surface area contributed by atoms with Crippen LogP contribution in [0.25, 0.3) is 11.1 Å². The van der Waals surface area contributed by atoms with E-state index in [0.29, 0.717) is 13.0 Å². The minimum Gasteiger partial charge on any atom is -0.481 e. The summed E-state index contributed by atoms with van der Waals surface area (Å²) in [4.78, 5) is 35.9. The second-order valence-corrected chi connectivity index (χ2v) is 9.20. The molecule has 7 nitrogen and oxygen atoms in total. The SMILES string of the molecule is CCC(CNC(=O)OCC1c2ccccc2-c2ccccc21)CC(=O)NC(CC(=O)O)C(C)C. The van der Waals surface area contributed by atoms with E-state index in [-0.39, 0.29) is 43.1 Å². The zero-order valence-electron chi connectivity index (χ0n) is 20.0. The van der Waals surface area contributed by atoms with E-state index in [4.69, 9.17) is 9.84 Å². The fraction of sp³-hybridized carbons (Fsp3) is 0.444. The van der Waals surface area contributed by atoms with Gasteiger partial charge in [-0.25, -0.2) is 4.79 Å². The molecule has 2 aromatic carbocycles. The number of carbonyl (C=O) groups is 3. The molecule has 182 valence electrons. The molecule has 2 unspecified atom stereocenters. The van der Waals surface area contributed by atoms with E-state index in [1.165, 1.54) is 11.1 Å². The summed E-state index contributed by atoms with van der Waals surface area (Å²) >= 11 is 0. The van der Waals surface area contributed by atoms with Crippen LogP contribution in [-0.2, 0) is 14.3 Å². The van der Waals surface area contributed by atoms with Crippen molar-refractivity contribution >= 4 is 18.0 Å². The van der Waals surface area contributed by atoms with Crippen molar-refractivity contribution in [3.63, 3.8) is 0 Å². The maximum Gasteiger partial charge on any atom is 0.407 e. The van der Waals surface area contributed by atoms with Gasteiger partial charge >= 0.3 is 12.1 Å². The molecule has 0 saturated heterocycles. The Bertz CT molecular complexity index is 974. The van der Waals surface area contributed by atoms with Gasteiger partial charge in [0, 0.05) is 24.9 Å². The molecule has 0 spiro atoms. The van der Waals surface area contributed by atoms with Gasteiger partial charge in [0.15, 0.2) is 0 Å². The number of hydrogen-bond acceptors (Lipinski definition) is 4. The number of carboxylic acid groups (broad SMARTS) is 1. The van der Waals surface area contributed by atoms with Crippen LogP contribution >= 0.6 is 0 Å². The average Bonchev–Trinajstić information content (AvgIpc) is 3.13. The molecule has 0 heterocycles. The van der Waals surface area contributed by atoms with E-state index in [0.717, 1.165) is 11.1 Å². The Labute approximate surface area is 200 Å². The molecule has 2 aromatic rings. The molecule has 2 amide bonds. The Morgan fingerprint density at radius 3 is 2.09 bits per heavy atom. The van der Waals surface area contributed by atoms with E-state index < -0.39 is 18.1 Å². The largest absolute Gasteiger partial charge is 0.481 e. The van der Waals surface area contributed by atoms with Crippen LogP contribution in [-0.4, -0.2) is 42.3 Å². The molecule has 0 aromatic heterocycles. The van der Waals surface area contributed by atoms with Crippen molar-refractivity contribution in [1.82, 2.24) is 10.6 Å². The topological polar surface area (TPSA) is 105 Å². The molecule has 0 radical (unpaired) electrons.